The van der Waals surface area contributed by atoms with E-state index in [0.29, 0.717) is 12.1 Å². The van der Waals surface area contributed by atoms with Gasteiger partial charge in [0.1, 0.15) is 0 Å². The van der Waals surface area contributed by atoms with Gasteiger partial charge in [-0.15, -0.1) is 0 Å². The number of rotatable bonds is 4. The minimum absolute atomic E-state index is 0.0706. The summed E-state index contributed by atoms with van der Waals surface area (Å²) in [5.74, 6) is 0.131. The van der Waals surface area contributed by atoms with Crippen LogP contribution in [0.4, 0.5) is 0 Å². The molecule has 0 saturated heterocycles. The van der Waals surface area contributed by atoms with Crippen molar-refractivity contribution >= 4 is 5.91 Å². The van der Waals surface area contributed by atoms with Gasteiger partial charge in [-0.05, 0) is 36.1 Å². The number of nitrogens with one attached hydrogen (secondary N) is 1. The summed E-state index contributed by atoms with van der Waals surface area (Å²) in [7, 11) is 0. The van der Waals surface area contributed by atoms with E-state index in [-0.39, 0.29) is 17.9 Å². The number of aliphatic hydroxyl groups excluding tert-OH is 1. The molecule has 2 N–H and O–H groups in total. The first-order valence-corrected chi connectivity index (χ1v) is 7.86. The second kappa shape index (κ2) is 6.75. The van der Waals surface area contributed by atoms with Crippen molar-refractivity contribution in [1.29, 1.82) is 0 Å². The zero-order valence-electron chi connectivity index (χ0n) is 12.5. The third kappa shape index (κ3) is 3.37. The number of aliphatic hydroxyl groups is 1. The van der Waals surface area contributed by atoms with Crippen molar-refractivity contribution in [3.63, 3.8) is 0 Å². The highest BCUT2D eigenvalue weighted by Crippen LogP contribution is 2.25. The van der Waals surface area contributed by atoms with Crippen molar-refractivity contribution in [3.8, 4) is 11.1 Å². The average molecular weight is 295 g/mol. The maximum atomic E-state index is 12.2. The van der Waals surface area contributed by atoms with Gasteiger partial charge in [0.25, 0.3) is 5.91 Å². The zero-order chi connectivity index (χ0) is 15.4. The molecule has 1 saturated carbocycles. The maximum Gasteiger partial charge on any atom is 0.251 e. The third-order valence-electron chi connectivity index (χ3n) is 4.40. The molecule has 114 valence electrons. The lowest BCUT2D eigenvalue weighted by atomic mass is 10.0. The molecule has 22 heavy (non-hydrogen) atoms. The molecule has 2 unspecified atom stereocenters. The number of amides is 1. The predicted octanol–water partition coefficient (Wildman–Crippen LogP) is 3.24. The SMILES string of the molecule is O=C(NCC1CCCC1O)c1ccc(-c2ccccc2)cc1. The average Bonchev–Trinajstić information content (AvgIpc) is 2.99. The molecule has 3 heteroatoms. The Hall–Kier alpha value is -2.13. The van der Waals surface area contributed by atoms with Crippen molar-refractivity contribution < 1.29 is 9.90 Å². The van der Waals surface area contributed by atoms with E-state index >= 15 is 0 Å². The smallest absolute Gasteiger partial charge is 0.251 e. The van der Waals surface area contributed by atoms with Crippen LogP contribution in [0.25, 0.3) is 11.1 Å². The van der Waals surface area contributed by atoms with Crippen LogP contribution in [-0.2, 0) is 0 Å². The van der Waals surface area contributed by atoms with Crippen LogP contribution < -0.4 is 5.32 Å². The first-order valence-electron chi connectivity index (χ1n) is 7.86. The summed E-state index contributed by atoms with van der Waals surface area (Å²) in [4.78, 5) is 12.2. The number of benzene rings is 2. The molecule has 0 radical (unpaired) electrons. The molecule has 2 atom stereocenters. The molecule has 2 aromatic carbocycles. The highest BCUT2D eigenvalue weighted by atomic mass is 16.3. The lowest BCUT2D eigenvalue weighted by Gasteiger charge is -2.15. The molecule has 0 aliphatic heterocycles. The Bertz CT molecular complexity index is 622. The Balaban J connectivity index is 1.61. The summed E-state index contributed by atoms with van der Waals surface area (Å²) >= 11 is 0. The first-order chi connectivity index (χ1) is 10.7. The van der Waals surface area contributed by atoms with Crippen LogP contribution in [0.15, 0.2) is 54.6 Å². The lowest BCUT2D eigenvalue weighted by molar-refractivity contribution is 0.0917. The van der Waals surface area contributed by atoms with Gasteiger partial charge in [-0.2, -0.15) is 0 Å². The molecule has 3 nitrogen and oxygen atoms in total. The van der Waals surface area contributed by atoms with E-state index in [2.05, 4.69) is 17.4 Å². The fourth-order valence-corrected chi connectivity index (χ4v) is 3.03. The lowest BCUT2D eigenvalue weighted by Crippen LogP contribution is -2.32. The Morgan fingerprint density at radius 3 is 2.32 bits per heavy atom. The Labute approximate surface area is 131 Å². The van der Waals surface area contributed by atoms with Crippen LogP contribution in [0.3, 0.4) is 0 Å². The van der Waals surface area contributed by atoms with Crippen LogP contribution in [0.1, 0.15) is 29.6 Å². The topological polar surface area (TPSA) is 49.3 Å². The zero-order valence-corrected chi connectivity index (χ0v) is 12.5. The van der Waals surface area contributed by atoms with E-state index in [9.17, 15) is 9.90 Å². The maximum absolute atomic E-state index is 12.2. The largest absolute Gasteiger partial charge is 0.393 e. The fourth-order valence-electron chi connectivity index (χ4n) is 3.03. The Morgan fingerprint density at radius 2 is 1.68 bits per heavy atom. The number of hydrogen-bond acceptors (Lipinski definition) is 2. The summed E-state index contributed by atoms with van der Waals surface area (Å²) in [5.41, 5.74) is 2.90. The van der Waals surface area contributed by atoms with Gasteiger partial charge < -0.3 is 10.4 Å². The van der Waals surface area contributed by atoms with Crippen molar-refractivity contribution in [2.75, 3.05) is 6.54 Å². The second-order valence-corrected chi connectivity index (χ2v) is 5.91. The van der Waals surface area contributed by atoms with Crippen LogP contribution in [-0.4, -0.2) is 23.7 Å². The van der Waals surface area contributed by atoms with Gasteiger partial charge in [0, 0.05) is 18.0 Å². The van der Waals surface area contributed by atoms with Gasteiger partial charge in [0.15, 0.2) is 0 Å². The molecular weight excluding hydrogens is 274 g/mol. The van der Waals surface area contributed by atoms with Gasteiger partial charge in [-0.1, -0.05) is 48.9 Å². The van der Waals surface area contributed by atoms with E-state index in [1.807, 2.05) is 42.5 Å². The van der Waals surface area contributed by atoms with Gasteiger partial charge >= 0.3 is 0 Å². The van der Waals surface area contributed by atoms with Crippen molar-refractivity contribution in [2.24, 2.45) is 5.92 Å². The van der Waals surface area contributed by atoms with E-state index < -0.39 is 0 Å². The number of hydrogen-bond donors (Lipinski definition) is 2. The minimum Gasteiger partial charge on any atom is -0.393 e. The standard InChI is InChI=1S/C19H21NO2/c21-18-8-4-7-17(18)13-20-19(22)16-11-9-15(10-12-16)14-5-2-1-3-6-14/h1-3,5-6,9-12,17-18,21H,4,7-8,13H2,(H,20,22). The minimum atomic E-state index is -0.263. The van der Waals surface area contributed by atoms with Crippen molar-refractivity contribution in [2.45, 2.75) is 25.4 Å². The van der Waals surface area contributed by atoms with Crippen LogP contribution in [0.2, 0.25) is 0 Å². The molecule has 1 aliphatic carbocycles. The molecule has 0 heterocycles. The summed E-state index contributed by atoms with van der Waals surface area (Å²) in [6.07, 6.45) is 2.63. The molecule has 0 spiro atoms. The van der Waals surface area contributed by atoms with E-state index in [0.717, 1.165) is 30.4 Å². The van der Waals surface area contributed by atoms with Gasteiger partial charge in [0.05, 0.1) is 6.10 Å². The highest BCUT2D eigenvalue weighted by Gasteiger charge is 2.25. The molecule has 1 amide bonds. The van der Waals surface area contributed by atoms with E-state index in [4.69, 9.17) is 0 Å². The number of carbonyl (C=O) groups is 1. The highest BCUT2D eigenvalue weighted by molar-refractivity contribution is 5.94. The van der Waals surface area contributed by atoms with E-state index in [1.165, 1.54) is 0 Å². The Morgan fingerprint density at radius 1 is 1.00 bits per heavy atom. The van der Waals surface area contributed by atoms with Gasteiger partial charge in [0.2, 0.25) is 0 Å². The molecule has 1 aliphatic rings. The molecule has 2 aromatic rings. The van der Waals surface area contributed by atoms with Crippen LogP contribution in [0.5, 0.6) is 0 Å². The molecule has 3 rings (SSSR count). The Kier molecular flexibility index (Phi) is 4.54. The summed E-state index contributed by atoms with van der Waals surface area (Å²) in [6, 6.07) is 17.7. The third-order valence-corrected chi connectivity index (χ3v) is 4.40. The van der Waals surface area contributed by atoms with E-state index in [1.54, 1.807) is 0 Å². The first kappa shape index (κ1) is 14.8. The normalized spacial score (nSPS) is 20.8. The molecular formula is C19H21NO2. The summed E-state index contributed by atoms with van der Waals surface area (Å²) < 4.78 is 0. The van der Waals surface area contributed by atoms with Crippen molar-refractivity contribution in [3.05, 3.63) is 60.2 Å². The van der Waals surface area contributed by atoms with Crippen molar-refractivity contribution in [1.82, 2.24) is 5.32 Å². The monoisotopic (exact) mass is 295 g/mol. The number of carbonyl (C=O) groups excluding carboxylic acids is 1. The van der Waals surface area contributed by atoms with Gasteiger partial charge in [-0.3, -0.25) is 4.79 Å². The van der Waals surface area contributed by atoms with Crippen LogP contribution >= 0.6 is 0 Å². The van der Waals surface area contributed by atoms with Crippen LogP contribution in [0, 0.1) is 5.92 Å². The second-order valence-electron chi connectivity index (χ2n) is 5.91. The molecule has 1 fully saturated rings. The molecule has 0 bridgehead atoms. The summed E-state index contributed by atoms with van der Waals surface area (Å²) in [5, 5.41) is 12.7. The predicted molar refractivity (Wildman–Crippen MR) is 87.6 cm³/mol. The molecule has 0 aromatic heterocycles. The summed E-state index contributed by atoms with van der Waals surface area (Å²) in [6.45, 7) is 0.556. The fraction of sp³-hybridized carbons (Fsp3) is 0.316. The quantitative estimate of drug-likeness (QED) is 0.909. The van der Waals surface area contributed by atoms with Gasteiger partial charge in [-0.25, -0.2) is 0 Å².